The fourth-order valence-corrected chi connectivity index (χ4v) is 2.19. The topological polar surface area (TPSA) is 51.9 Å². The second-order valence-corrected chi connectivity index (χ2v) is 5.13. The predicted octanol–water partition coefficient (Wildman–Crippen LogP) is 3.60. The molecule has 1 aromatic carbocycles. The first-order valence-electron chi connectivity index (χ1n) is 6.96. The molecule has 0 spiro atoms. The van der Waals surface area contributed by atoms with E-state index >= 15 is 0 Å². The molecule has 1 aromatic heterocycles. The lowest BCUT2D eigenvalue weighted by Gasteiger charge is -2.17. The Hall–Kier alpha value is -2.48. The number of methoxy groups -OCH3 is 1. The van der Waals surface area contributed by atoms with Crippen molar-refractivity contribution >= 4 is 5.97 Å². The van der Waals surface area contributed by atoms with Crippen molar-refractivity contribution in [3.8, 4) is 5.75 Å². The smallest absolute Gasteiger partial charge is 0.463 e. The van der Waals surface area contributed by atoms with E-state index in [4.69, 9.17) is 4.42 Å². The van der Waals surface area contributed by atoms with E-state index in [0.29, 0.717) is 18.7 Å². The largest absolute Gasteiger partial charge is 0.573 e. The maximum absolute atomic E-state index is 12.1. The van der Waals surface area contributed by atoms with Gasteiger partial charge in [0.2, 0.25) is 5.76 Å². The number of nitrogens with zero attached hydrogens (tertiary/aromatic N) is 1. The molecule has 0 fully saturated rings. The van der Waals surface area contributed by atoms with Gasteiger partial charge in [-0.2, -0.15) is 0 Å². The Morgan fingerprint density at radius 2 is 1.83 bits per heavy atom. The van der Waals surface area contributed by atoms with Gasteiger partial charge in [0.15, 0.2) is 0 Å². The van der Waals surface area contributed by atoms with Crippen LogP contribution in [0.2, 0.25) is 0 Å². The molecule has 2 rings (SSSR count). The van der Waals surface area contributed by atoms with Gasteiger partial charge in [0.05, 0.1) is 13.4 Å². The van der Waals surface area contributed by atoms with Gasteiger partial charge >= 0.3 is 12.3 Å². The normalized spacial score (nSPS) is 11.6. The molecule has 24 heavy (non-hydrogen) atoms. The third kappa shape index (κ3) is 5.02. The number of halogens is 3. The highest BCUT2D eigenvalue weighted by Gasteiger charge is 2.30. The van der Waals surface area contributed by atoms with Crippen molar-refractivity contribution in [2.75, 3.05) is 14.2 Å². The third-order valence-electron chi connectivity index (χ3n) is 3.17. The van der Waals surface area contributed by atoms with E-state index < -0.39 is 12.3 Å². The Balaban J connectivity index is 1.96. The van der Waals surface area contributed by atoms with Gasteiger partial charge in [-0.3, -0.25) is 4.90 Å². The van der Waals surface area contributed by atoms with E-state index in [2.05, 4.69) is 9.47 Å². The summed E-state index contributed by atoms with van der Waals surface area (Å²) in [4.78, 5) is 13.4. The van der Waals surface area contributed by atoms with Gasteiger partial charge in [-0.1, -0.05) is 12.1 Å². The quantitative estimate of drug-likeness (QED) is 0.750. The standard InChI is InChI=1S/C16H16F3NO4/c1-20(10-12-7-8-23-14(12)15(21)22-2)9-11-3-5-13(6-4-11)24-16(17,18)19/h3-8H,9-10H2,1-2H3. The first kappa shape index (κ1) is 17.9. The highest BCUT2D eigenvalue weighted by Crippen LogP contribution is 2.23. The monoisotopic (exact) mass is 343 g/mol. The van der Waals surface area contributed by atoms with Gasteiger partial charge in [-0.05, 0) is 30.8 Å². The Morgan fingerprint density at radius 3 is 2.42 bits per heavy atom. The van der Waals surface area contributed by atoms with Crippen molar-refractivity contribution < 1.29 is 31.9 Å². The maximum atomic E-state index is 12.1. The number of esters is 1. The van der Waals surface area contributed by atoms with Gasteiger partial charge in [0.25, 0.3) is 0 Å². The highest BCUT2D eigenvalue weighted by molar-refractivity contribution is 5.87. The maximum Gasteiger partial charge on any atom is 0.573 e. The number of rotatable bonds is 6. The zero-order chi connectivity index (χ0) is 17.7. The van der Waals surface area contributed by atoms with E-state index in [1.165, 1.54) is 25.5 Å². The van der Waals surface area contributed by atoms with Crippen molar-refractivity contribution in [1.82, 2.24) is 4.90 Å². The van der Waals surface area contributed by atoms with Crippen molar-refractivity contribution in [3.63, 3.8) is 0 Å². The molecule has 0 aliphatic carbocycles. The SMILES string of the molecule is COC(=O)c1occc1CN(C)Cc1ccc(OC(F)(F)F)cc1. The molecule has 8 heteroatoms. The van der Waals surface area contributed by atoms with Crippen LogP contribution >= 0.6 is 0 Å². The fraction of sp³-hybridized carbons (Fsp3) is 0.312. The lowest BCUT2D eigenvalue weighted by molar-refractivity contribution is -0.274. The number of ether oxygens (including phenoxy) is 2. The van der Waals surface area contributed by atoms with Crippen LogP contribution in [0, 0.1) is 0 Å². The number of hydrogen-bond donors (Lipinski definition) is 0. The minimum Gasteiger partial charge on any atom is -0.463 e. The molecular weight excluding hydrogens is 327 g/mol. The molecule has 0 unspecified atom stereocenters. The number of carbonyl (C=O) groups excluding carboxylic acids is 1. The zero-order valence-electron chi connectivity index (χ0n) is 13.1. The molecule has 130 valence electrons. The molecule has 0 amide bonds. The van der Waals surface area contributed by atoms with E-state index in [1.807, 2.05) is 11.9 Å². The summed E-state index contributed by atoms with van der Waals surface area (Å²) in [5.74, 6) is -0.688. The Kier molecular flexibility index (Phi) is 5.50. The Bertz CT molecular complexity index is 679. The van der Waals surface area contributed by atoms with Gasteiger partial charge in [0, 0.05) is 18.7 Å². The van der Waals surface area contributed by atoms with Crippen LogP contribution in [0.1, 0.15) is 21.7 Å². The van der Waals surface area contributed by atoms with Crippen LogP contribution in [0.25, 0.3) is 0 Å². The molecular formula is C16H16F3NO4. The van der Waals surface area contributed by atoms with Crippen LogP contribution in [0.3, 0.4) is 0 Å². The van der Waals surface area contributed by atoms with Crippen molar-refractivity contribution in [3.05, 3.63) is 53.5 Å². The van der Waals surface area contributed by atoms with Crippen molar-refractivity contribution in [1.29, 1.82) is 0 Å². The predicted molar refractivity (Wildman–Crippen MR) is 78.3 cm³/mol. The minimum absolute atomic E-state index is 0.137. The summed E-state index contributed by atoms with van der Waals surface area (Å²) in [6.45, 7) is 0.889. The fourth-order valence-electron chi connectivity index (χ4n) is 2.19. The number of benzene rings is 1. The number of alkyl halides is 3. The Labute approximate surface area is 136 Å². The number of carbonyl (C=O) groups is 1. The van der Waals surface area contributed by atoms with E-state index in [1.54, 1.807) is 18.2 Å². The third-order valence-corrected chi connectivity index (χ3v) is 3.17. The minimum atomic E-state index is -4.70. The van der Waals surface area contributed by atoms with Crippen LogP contribution in [-0.4, -0.2) is 31.4 Å². The summed E-state index contributed by atoms with van der Waals surface area (Å²) in [7, 11) is 3.08. The van der Waals surface area contributed by atoms with E-state index in [0.717, 1.165) is 5.56 Å². The lowest BCUT2D eigenvalue weighted by Crippen LogP contribution is -2.19. The highest BCUT2D eigenvalue weighted by atomic mass is 19.4. The summed E-state index contributed by atoms with van der Waals surface area (Å²) in [6, 6.07) is 7.29. The van der Waals surface area contributed by atoms with Gasteiger partial charge < -0.3 is 13.9 Å². The second kappa shape index (κ2) is 7.39. The van der Waals surface area contributed by atoms with Crippen molar-refractivity contribution in [2.45, 2.75) is 19.5 Å². The van der Waals surface area contributed by atoms with E-state index in [9.17, 15) is 18.0 Å². The Morgan fingerprint density at radius 1 is 1.17 bits per heavy atom. The first-order chi connectivity index (χ1) is 11.3. The lowest BCUT2D eigenvalue weighted by atomic mass is 10.2. The molecule has 0 aliphatic rings. The average molecular weight is 343 g/mol. The molecule has 5 nitrogen and oxygen atoms in total. The van der Waals surface area contributed by atoms with Crippen molar-refractivity contribution in [2.24, 2.45) is 0 Å². The summed E-state index contributed by atoms with van der Waals surface area (Å²) >= 11 is 0. The molecule has 0 N–H and O–H groups in total. The second-order valence-electron chi connectivity index (χ2n) is 5.13. The molecule has 0 saturated heterocycles. The molecule has 0 radical (unpaired) electrons. The number of furan rings is 1. The molecule has 0 bridgehead atoms. The first-order valence-corrected chi connectivity index (χ1v) is 6.96. The molecule has 0 atom stereocenters. The van der Waals surface area contributed by atoms with Crippen LogP contribution in [0.4, 0.5) is 13.2 Å². The molecule has 0 saturated carbocycles. The van der Waals surface area contributed by atoms with Crippen LogP contribution < -0.4 is 4.74 Å². The zero-order valence-corrected chi connectivity index (χ0v) is 13.1. The molecule has 1 heterocycles. The van der Waals surface area contributed by atoms with E-state index in [-0.39, 0.29) is 11.5 Å². The summed E-state index contributed by atoms with van der Waals surface area (Å²) < 4.78 is 49.9. The van der Waals surface area contributed by atoms with Crippen LogP contribution in [0.5, 0.6) is 5.75 Å². The number of hydrogen-bond acceptors (Lipinski definition) is 5. The molecule has 0 aliphatic heterocycles. The van der Waals surface area contributed by atoms with Gasteiger partial charge in [0.1, 0.15) is 5.75 Å². The summed E-state index contributed by atoms with van der Waals surface area (Å²) in [6.07, 6.45) is -3.30. The summed E-state index contributed by atoms with van der Waals surface area (Å²) in [5, 5.41) is 0. The molecule has 2 aromatic rings. The van der Waals surface area contributed by atoms with Gasteiger partial charge in [-0.15, -0.1) is 13.2 Å². The van der Waals surface area contributed by atoms with Gasteiger partial charge in [-0.25, -0.2) is 4.79 Å². The van der Waals surface area contributed by atoms with Crippen LogP contribution in [-0.2, 0) is 17.8 Å². The average Bonchev–Trinajstić information content (AvgIpc) is 2.95. The van der Waals surface area contributed by atoms with Crippen LogP contribution in [0.15, 0.2) is 41.0 Å². The summed E-state index contributed by atoms with van der Waals surface area (Å²) in [5.41, 5.74) is 1.47.